The Hall–Kier alpha value is -1.44. The fourth-order valence-electron chi connectivity index (χ4n) is 1.87. The second-order valence-corrected chi connectivity index (χ2v) is 3.67. The molecule has 0 radical (unpaired) electrons. The third-order valence-electron chi connectivity index (χ3n) is 2.63. The van der Waals surface area contributed by atoms with Gasteiger partial charge in [0.25, 0.3) is 0 Å². The number of H-pyrrole nitrogens is 1. The first-order valence-electron chi connectivity index (χ1n) is 4.86. The Morgan fingerprint density at radius 2 is 2.29 bits per heavy atom. The van der Waals surface area contributed by atoms with Crippen molar-refractivity contribution in [1.29, 1.82) is 0 Å². The number of aromatic nitrogens is 1. The monoisotopic (exact) mass is 189 g/mol. The largest absolute Gasteiger partial charge is 0.500 e. The third kappa shape index (κ3) is 1.60. The van der Waals surface area contributed by atoms with Crippen LogP contribution in [0.5, 0.6) is 0 Å². The van der Waals surface area contributed by atoms with Crippen molar-refractivity contribution >= 4 is 0 Å². The molecule has 0 saturated carbocycles. The second-order valence-electron chi connectivity index (χ2n) is 3.67. The van der Waals surface area contributed by atoms with E-state index in [0.717, 1.165) is 12.2 Å². The summed E-state index contributed by atoms with van der Waals surface area (Å²) in [5.74, 6) is 1.40. The minimum Gasteiger partial charge on any atom is -0.500 e. The van der Waals surface area contributed by atoms with Gasteiger partial charge in [-0.2, -0.15) is 0 Å². The van der Waals surface area contributed by atoms with E-state index in [-0.39, 0.29) is 0 Å². The highest BCUT2D eigenvalue weighted by Crippen LogP contribution is 2.33. The van der Waals surface area contributed by atoms with E-state index >= 15 is 0 Å². The molecule has 0 aliphatic heterocycles. The standard InChI is InChI=1S/C12H15NO/c1-9-5-6-12(14-2)10(8-9)11-4-3-7-13-11/h3-7,10,13H,8H2,1-2H3. The van der Waals surface area contributed by atoms with Gasteiger partial charge in [-0.1, -0.05) is 11.6 Å². The number of methoxy groups -OCH3 is 1. The van der Waals surface area contributed by atoms with E-state index in [4.69, 9.17) is 4.74 Å². The van der Waals surface area contributed by atoms with Gasteiger partial charge in [-0.15, -0.1) is 0 Å². The molecule has 0 spiro atoms. The Labute approximate surface area is 84.3 Å². The molecule has 1 aliphatic carbocycles. The Bertz CT molecular complexity index is 360. The lowest BCUT2D eigenvalue weighted by atomic mass is 9.91. The summed E-state index contributed by atoms with van der Waals surface area (Å²) in [7, 11) is 1.73. The van der Waals surface area contributed by atoms with Crippen molar-refractivity contribution in [3.05, 3.63) is 47.5 Å². The van der Waals surface area contributed by atoms with Crippen LogP contribution in [0.1, 0.15) is 25.0 Å². The minimum atomic E-state index is 0.361. The average molecular weight is 189 g/mol. The number of rotatable bonds is 2. The van der Waals surface area contributed by atoms with Crippen LogP contribution in [0.2, 0.25) is 0 Å². The topological polar surface area (TPSA) is 25.0 Å². The predicted molar refractivity (Wildman–Crippen MR) is 57.0 cm³/mol. The van der Waals surface area contributed by atoms with Crippen LogP contribution in [-0.2, 0) is 4.74 Å². The molecule has 1 N–H and O–H groups in total. The van der Waals surface area contributed by atoms with Gasteiger partial charge >= 0.3 is 0 Å². The lowest BCUT2D eigenvalue weighted by Gasteiger charge is -2.21. The molecule has 2 nitrogen and oxygen atoms in total. The van der Waals surface area contributed by atoms with E-state index in [1.54, 1.807) is 7.11 Å². The molecule has 0 bridgehead atoms. The highest BCUT2D eigenvalue weighted by molar-refractivity contribution is 5.31. The van der Waals surface area contributed by atoms with E-state index in [1.165, 1.54) is 11.3 Å². The van der Waals surface area contributed by atoms with Gasteiger partial charge < -0.3 is 9.72 Å². The molecule has 0 saturated heterocycles. The molecule has 14 heavy (non-hydrogen) atoms. The van der Waals surface area contributed by atoms with Crippen LogP contribution in [0.4, 0.5) is 0 Å². The zero-order valence-corrected chi connectivity index (χ0v) is 8.58. The number of aromatic amines is 1. The maximum absolute atomic E-state index is 5.37. The first-order valence-corrected chi connectivity index (χ1v) is 4.86. The quantitative estimate of drug-likeness (QED) is 0.760. The molecule has 0 fully saturated rings. The first kappa shape index (κ1) is 9.13. The Morgan fingerprint density at radius 1 is 1.43 bits per heavy atom. The van der Waals surface area contributed by atoms with Crippen molar-refractivity contribution < 1.29 is 4.74 Å². The van der Waals surface area contributed by atoms with Crippen LogP contribution < -0.4 is 0 Å². The molecule has 0 aromatic carbocycles. The highest BCUT2D eigenvalue weighted by Gasteiger charge is 2.20. The smallest absolute Gasteiger partial charge is 0.105 e. The first-order chi connectivity index (χ1) is 6.81. The van der Waals surface area contributed by atoms with Crippen LogP contribution in [-0.4, -0.2) is 12.1 Å². The van der Waals surface area contributed by atoms with E-state index in [0.29, 0.717) is 5.92 Å². The summed E-state index contributed by atoms with van der Waals surface area (Å²) < 4.78 is 5.37. The van der Waals surface area contributed by atoms with Gasteiger partial charge in [0.2, 0.25) is 0 Å². The SMILES string of the molecule is COC1=CC=C(C)CC1c1ccc[nH]1. The van der Waals surface area contributed by atoms with E-state index in [1.807, 2.05) is 12.3 Å². The molecule has 1 heterocycles. The van der Waals surface area contributed by atoms with Crippen LogP contribution in [0.3, 0.4) is 0 Å². The van der Waals surface area contributed by atoms with Crippen LogP contribution in [0.25, 0.3) is 0 Å². The minimum absolute atomic E-state index is 0.361. The molecule has 74 valence electrons. The maximum atomic E-state index is 5.37. The van der Waals surface area contributed by atoms with Gasteiger partial charge in [0.05, 0.1) is 13.0 Å². The molecule has 1 aromatic rings. The number of hydrogen-bond acceptors (Lipinski definition) is 1. The predicted octanol–water partition coefficient (Wildman–Crippen LogP) is 2.98. The van der Waals surface area contributed by atoms with Gasteiger partial charge in [0, 0.05) is 11.9 Å². The van der Waals surface area contributed by atoms with Crippen molar-refractivity contribution in [2.45, 2.75) is 19.3 Å². The Balaban J connectivity index is 2.28. The molecule has 2 rings (SSSR count). The zero-order valence-electron chi connectivity index (χ0n) is 8.58. The van der Waals surface area contributed by atoms with Gasteiger partial charge in [-0.05, 0) is 31.6 Å². The fourth-order valence-corrected chi connectivity index (χ4v) is 1.87. The maximum Gasteiger partial charge on any atom is 0.105 e. The van der Waals surface area contributed by atoms with Crippen LogP contribution in [0.15, 0.2) is 41.8 Å². The van der Waals surface area contributed by atoms with Gasteiger partial charge in [0.15, 0.2) is 0 Å². The molecular formula is C12H15NO. The third-order valence-corrected chi connectivity index (χ3v) is 2.63. The van der Waals surface area contributed by atoms with Crippen molar-refractivity contribution in [2.75, 3.05) is 7.11 Å². The van der Waals surface area contributed by atoms with Gasteiger partial charge in [-0.25, -0.2) is 0 Å². The Kier molecular flexibility index (Phi) is 2.44. The summed E-state index contributed by atoms with van der Waals surface area (Å²) in [6, 6.07) is 4.13. The summed E-state index contributed by atoms with van der Waals surface area (Å²) in [4.78, 5) is 3.24. The summed E-state index contributed by atoms with van der Waals surface area (Å²) in [5, 5.41) is 0. The lowest BCUT2D eigenvalue weighted by Crippen LogP contribution is -2.08. The fraction of sp³-hybridized carbons (Fsp3) is 0.333. The van der Waals surface area contributed by atoms with E-state index in [2.05, 4.69) is 30.1 Å². The summed E-state index contributed by atoms with van der Waals surface area (Å²) >= 11 is 0. The number of hydrogen-bond donors (Lipinski definition) is 1. The second kappa shape index (κ2) is 3.74. The van der Waals surface area contributed by atoms with Gasteiger partial charge in [-0.3, -0.25) is 0 Å². The zero-order chi connectivity index (χ0) is 9.97. The van der Waals surface area contributed by atoms with Crippen molar-refractivity contribution in [1.82, 2.24) is 4.98 Å². The van der Waals surface area contributed by atoms with Crippen LogP contribution >= 0.6 is 0 Å². The summed E-state index contributed by atoms with van der Waals surface area (Å²) in [6.07, 6.45) is 7.18. The average Bonchev–Trinajstić information content (AvgIpc) is 2.70. The Morgan fingerprint density at radius 3 is 2.93 bits per heavy atom. The molecule has 1 unspecified atom stereocenters. The summed E-state index contributed by atoms with van der Waals surface area (Å²) in [6.45, 7) is 2.15. The normalized spacial score (nSPS) is 21.4. The van der Waals surface area contributed by atoms with Crippen LogP contribution in [0, 0.1) is 0 Å². The molecule has 0 amide bonds. The highest BCUT2D eigenvalue weighted by atomic mass is 16.5. The summed E-state index contributed by atoms with van der Waals surface area (Å²) in [5.41, 5.74) is 2.62. The van der Waals surface area contributed by atoms with Crippen molar-refractivity contribution in [2.24, 2.45) is 0 Å². The molecule has 2 heteroatoms. The van der Waals surface area contributed by atoms with E-state index < -0.39 is 0 Å². The molecular weight excluding hydrogens is 174 g/mol. The number of nitrogens with one attached hydrogen (secondary N) is 1. The molecule has 1 atom stereocenters. The molecule has 1 aliphatic rings. The van der Waals surface area contributed by atoms with E-state index in [9.17, 15) is 0 Å². The van der Waals surface area contributed by atoms with Gasteiger partial charge in [0.1, 0.15) is 5.76 Å². The number of ether oxygens (including phenoxy) is 1. The lowest BCUT2D eigenvalue weighted by molar-refractivity contribution is 0.260. The van der Waals surface area contributed by atoms with Crippen molar-refractivity contribution in [3.63, 3.8) is 0 Å². The molecule has 1 aromatic heterocycles. The number of allylic oxidation sites excluding steroid dienone is 4. The van der Waals surface area contributed by atoms with Crippen molar-refractivity contribution in [3.8, 4) is 0 Å².